The van der Waals surface area contributed by atoms with E-state index in [1.165, 1.54) is 12.0 Å². The molecule has 2 rings (SSSR count). The van der Waals surface area contributed by atoms with Crippen molar-refractivity contribution in [1.29, 1.82) is 0 Å². The molecule has 0 aliphatic rings. The van der Waals surface area contributed by atoms with Crippen LogP contribution in [0, 0.1) is 13.8 Å². The maximum Gasteiger partial charge on any atom is 0.354 e. The van der Waals surface area contributed by atoms with E-state index in [9.17, 15) is 14.4 Å². The number of esters is 1. The van der Waals surface area contributed by atoms with Gasteiger partial charge < -0.3 is 24.1 Å². The first-order valence-corrected chi connectivity index (χ1v) is 9.57. The fourth-order valence-electron chi connectivity index (χ4n) is 3.30. The first kappa shape index (κ1) is 23.2. The summed E-state index contributed by atoms with van der Waals surface area (Å²) in [5, 5.41) is 0. The third-order valence-corrected chi connectivity index (χ3v) is 4.84. The molecule has 1 aromatic heterocycles. The Labute approximate surface area is 176 Å². The van der Waals surface area contributed by atoms with Gasteiger partial charge >= 0.3 is 5.97 Å². The van der Waals surface area contributed by atoms with Gasteiger partial charge in [-0.1, -0.05) is 0 Å². The second kappa shape index (κ2) is 10.6. The Morgan fingerprint density at radius 1 is 1.03 bits per heavy atom. The van der Waals surface area contributed by atoms with Crippen LogP contribution in [0.2, 0.25) is 0 Å². The number of hydrogen-bond acceptors (Lipinski definition) is 6. The van der Waals surface area contributed by atoms with Crippen molar-refractivity contribution in [3.05, 3.63) is 52.3 Å². The summed E-state index contributed by atoms with van der Waals surface area (Å²) in [4.78, 5) is 42.4. The van der Waals surface area contributed by atoms with Gasteiger partial charge in [-0.15, -0.1) is 0 Å². The number of carbonyl (C=O) groups is 3. The van der Waals surface area contributed by atoms with Crippen molar-refractivity contribution < 1.29 is 28.6 Å². The normalized spacial score (nSPS) is 10.6. The summed E-state index contributed by atoms with van der Waals surface area (Å²) in [6.07, 6.45) is 0.587. The number of H-pyrrole nitrogens is 1. The second-order valence-electron chi connectivity index (χ2n) is 6.84. The van der Waals surface area contributed by atoms with Crippen LogP contribution in [-0.2, 0) is 9.47 Å². The maximum atomic E-state index is 13.1. The van der Waals surface area contributed by atoms with Crippen molar-refractivity contribution >= 4 is 17.7 Å². The number of nitrogens with one attached hydrogen (secondary N) is 1. The second-order valence-corrected chi connectivity index (χ2v) is 6.84. The number of ether oxygens (including phenoxy) is 3. The number of amides is 1. The SMILES string of the molecule is COCCCN(CC(=O)c1c(C)[nH]c(C(=O)OC)c1C)C(=O)c1ccc(OC)cc1. The number of hydrogen-bond donors (Lipinski definition) is 1. The number of aromatic nitrogens is 1. The number of benzene rings is 1. The number of aryl methyl sites for hydroxylation is 1. The number of methoxy groups -OCH3 is 3. The standard InChI is InChI=1S/C22H28N2O6/c1-14-19(15(2)23-20(14)22(27)30-5)18(25)13-24(11-6-12-28-3)21(26)16-7-9-17(29-4)10-8-16/h7-10,23H,6,11-13H2,1-5H3. The number of aromatic amines is 1. The highest BCUT2D eigenvalue weighted by Gasteiger charge is 2.25. The zero-order valence-electron chi connectivity index (χ0n) is 18.0. The van der Waals surface area contributed by atoms with Gasteiger partial charge in [0.2, 0.25) is 0 Å². The minimum Gasteiger partial charge on any atom is -0.497 e. The van der Waals surface area contributed by atoms with Gasteiger partial charge in [0.25, 0.3) is 5.91 Å². The molecule has 0 spiro atoms. The van der Waals surface area contributed by atoms with E-state index in [4.69, 9.17) is 14.2 Å². The lowest BCUT2D eigenvalue weighted by Crippen LogP contribution is -2.37. The number of ketones is 1. The fraction of sp³-hybridized carbons (Fsp3) is 0.409. The zero-order valence-corrected chi connectivity index (χ0v) is 18.0. The summed E-state index contributed by atoms with van der Waals surface area (Å²) in [5.41, 5.74) is 2.17. The Kier molecular flexibility index (Phi) is 8.17. The van der Waals surface area contributed by atoms with E-state index in [0.29, 0.717) is 47.7 Å². The van der Waals surface area contributed by atoms with E-state index < -0.39 is 5.97 Å². The molecule has 8 heteroatoms. The van der Waals surface area contributed by atoms with Gasteiger partial charge in [0.15, 0.2) is 5.78 Å². The molecule has 0 atom stereocenters. The molecule has 2 aromatic rings. The minimum atomic E-state index is -0.541. The largest absolute Gasteiger partial charge is 0.497 e. The quantitative estimate of drug-likeness (QED) is 0.363. The van der Waals surface area contributed by atoms with Gasteiger partial charge in [-0.25, -0.2) is 4.79 Å². The fourth-order valence-corrected chi connectivity index (χ4v) is 3.30. The van der Waals surface area contributed by atoms with E-state index in [1.54, 1.807) is 52.3 Å². The predicted molar refractivity (Wildman–Crippen MR) is 111 cm³/mol. The van der Waals surface area contributed by atoms with E-state index in [0.717, 1.165) is 0 Å². The van der Waals surface area contributed by atoms with Gasteiger partial charge in [-0.05, 0) is 50.1 Å². The Morgan fingerprint density at radius 3 is 2.27 bits per heavy atom. The van der Waals surface area contributed by atoms with Gasteiger partial charge in [0, 0.05) is 37.1 Å². The van der Waals surface area contributed by atoms with Crippen LogP contribution in [0.3, 0.4) is 0 Å². The maximum absolute atomic E-state index is 13.1. The number of nitrogens with zero attached hydrogens (tertiary/aromatic N) is 1. The molecule has 30 heavy (non-hydrogen) atoms. The molecule has 0 saturated carbocycles. The lowest BCUT2D eigenvalue weighted by molar-refractivity contribution is 0.0593. The summed E-state index contributed by atoms with van der Waals surface area (Å²) in [6.45, 7) is 4.11. The van der Waals surface area contributed by atoms with E-state index in [-0.39, 0.29) is 23.9 Å². The highest BCUT2D eigenvalue weighted by atomic mass is 16.5. The average molecular weight is 416 g/mol. The lowest BCUT2D eigenvalue weighted by atomic mass is 10.0. The predicted octanol–water partition coefficient (Wildman–Crippen LogP) is 2.79. The zero-order chi connectivity index (χ0) is 22.3. The molecule has 0 bridgehead atoms. The highest BCUT2D eigenvalue weighted by Crippen LogP contribution is 2.20. The molecule has 162 valence electrons. The molecule has 0 aliphatic carbocycles. The summed E-state index contributed by atoms with van der Waals surface area (Å²) in [5.74, 6) is -0.416. The van der Waals surface area contributed by atoms with Crippen LogP contribution >= 0.6 is 0 Å². The number of rotatable bonds is 10. The van der Waals surface area contributed by atoms with Crippen molar-refractivity contribution in [3.63, 3.8) is 0 Å². The Bertz CT molecular complexity index is 901. The molecule has 0 aliphatic heterocycles. The van der Waals surface area contributed by atoms with Crippen molar-refractivity contribution in [3.8, 4) is 5.75 Å². The number of Topliss-reactive ketones (excluding diaryl/α,β-unsaturated/α-hetero) is 1. The molecular weight excluding hydrogens is 388 g/mol. The summed E-state index contributed by atoms with van der Waals surface area (Å²) in [6, 6.07) is 6.73. The summed E-state index contributed by atoms with van der Waals surface area (Å²) < 4.78 is 15.0. The molecule has 0 fully saturated rings. The van der Waals surface area contributed by atoms with Crippen LogP contribution in [0.25, 0.3) is 0 Å². The topological polar surface area (TPSA) is 97.9 Å². The molecule has 1 heterocycles. The van der Waals surface area contributed by atoms with Crippen LogP contribution in [0.15, 0.2) is 24.3 Å². The smallest absolute Gasteiger partial charge is 0.354 e. The highest BCUT2D eigenvalue weighted by molar-refractivity contribution is 6.05. The van der Waals surface area contributed by atoms with Crippen molar-refractivity contribution in [2.24, 2.45) is 0 Å². The van der Waals surface area contributed by atoms with Crippen molar-refractivity contribution in [1.82, 2.24) is 9.88 Å². The summed E-state index contributed by atoms with van der Waals surface area (Å²) >= 11 is 0. The van der Waals surface area contributed by atoms with Gasteiger partial charge in [0.1, 0.15) is 11.4 Å². The molecule has 1 N–H and O–H groups in total. The summed E-state index contributed by atoms with van der Waals surface area (Å²) in [7, 11) is 4.42. The Balaban J connectivity index is 2.27. The monoisotopic (exact) mass is 416 g/mol. The van der Waals surface area contributed by atoms with Crippen LogP contribution in [-0.4, -0.2) is 68.6 Å². The Hall–Kier alpha value is -3.13. The van der Waals surface area contributed by atoms with Gasteiger partial charge in [0.05, 0.1) is 20.8 Å². The van der Waals surface area contributed by atoms with E-state index in [1.807, 2.05) is 0 Å². The van der Waals surface area contributed by atoms with Crippen LogP contribution in [0.4, 0.5) is 0 Å². The third-order valence-electron chi connectivity index (χ3n) is 4.84. The van der Waals surface area contributed by atoms with Crippen LogP contribution < -0.4 is 4.74 Å². The molecule has 0 saturated heterocycles. The molecular formula is C22H28N2O6. The molecule has 8 nitrogen and oxygen atoms in total. The lowest BCUT2D eigenvalue weighted by Gasteiger charge is -2.22. The van der Waals surface area contributed by atoms with E-state index in [2.05, 4.69) is 4.98 Å². The van der Waals surface area contributed by atoms with Gasteiger partial charge in [-0.2, -0.15) is 0 Å². The molecule has 0 unspecified atom stereocenters. The van der Waals surface area contributed by atoms with Crippen molar-refractivity contribution in [2.75, 3.05) is 41.0 Å². The third kappa shape index (κ3) is 5.27. The molecule has 1 amide bonds. The van der Waals surface area contributed by atoms with E-state index >= 15 is 0 Å². The first-order valence-electron chi connectivity index (χ1n) is 9.57. The average Bonchev–Trinajstić information content (AvgIpc) is 3.06. The molecule has 1 aromatic carbocycles. The van der Waals surface area contributed by atoms with Crippen molar-refractivity contribution in [2.45, 2.75) is 20.3 Å². The molecule has 0 radical (unpaired) electrons. The first-order chi connectivity index (χ1) is 14.3. The van der Waals surface area contributed by atoms with Gasteiger partial charge in [-0.3, -0.25) is 9.59 Å². The van der Waals surface area contributed by atoms with Crippen LogP contribution in [0.5, 0.6) is 5.75 Å². The minimum absolute atomic E-state index is 0.116. The van der Waals surface area contributed by atoms with Crippen LogP contribution in [0.1, 0.15) is 48.9 Å². The number of carbonyl (C=O) groups excluding carboxylic acids is 3. The Morgan fingerprint density at radius 2 is 1.70 bits per heavy atom.